The largest absolute Gasteiger partial charge is 0.508 e. The molecule has 0 atom stereocenters. The Labute approximate surface area is 171 Å². The molecule has 0 saturated carbocycles. The van der Waals surface area contributed by atoms with Crippen LogP contribution in [0.15, 0.2) is 54.2 Å². The number of nitrogens with two attached hydrogens (primary N) is 1. The molecule has 12 nitrogen and oxygen atoms in total. The molecule has 12 heteroatoms. The van der Waals surface area contributed by atoms with Gasteiger partial charge in [-0.2, -0.15) is 11.4 Å². The lowest BCUT2D eigenvalue weighted by molar-refractivity contribution is -0.291. The first-order chi connectivity index (χ1) is 14.4. The van der Waals surface area contributed by atoms with Gasteiger partial charge >= 0.3 is 5.97 Å². The van der Waals surface area contributed by atoms with Gasteiger partial charge in [0, 0.05) is 0 Å². The summed E-state index contributed by atoms with van der Waals surface area (Å²) in [5.74, 6) is 2.64. The third-order valence-corrected chi connectivity index (χ3v) is 3.55. The van der Waals surface area contributed by atoms with Crippen molar-refractivity contribution in [2.75, 3.05) is 13.3 Å². The third kappa shape index (κ3) is 8.50. The second-order valence-corrected chi connectivity index (χ2v) is 5.46. The number of nitrogens with one attached hydrogen (secondary N) is 2. The van der Waals surface area contributed by atoms with E-state index < -0.39 is 11.9 Å². The molecule has 0 unspecified atom stereocenters. The smallest absolute Gasteiger partial charge is 0.336 e. The number of rotatable bonds is 14. The van der Waals surface area contributed by atoms with Crippen LogP contribution in [0.2, 0.25) is 0 Å². The van der Waals surface area contributed by atoms with Crippen LogP contribution in [0.1, 0.15) is 11.1 Å². The summed E-state index contributed by atoms with van der Waals surface area (Å²) in [5, 5.41) is 29.7. The van der Waals surface area contributed by atoms with Crippen LogP contribution >= 0.6 is 0 Å². The van der Waals surface area contributed by atoms with E-state index in [2.05, 4.69) is 32.1 Å². The highest BCUT2D eigenvalue weighted by molar-refractivity contribution is 6.05. The van der Waals surface area contributed by atoms with Crippen LogP contribution in [0.5, 0.6) is 5.75 Å². The zero-order valence-electron chi connectivity index (χ0n) is 15.9. The minimum absolute atomic E-state index is 0.00160. The van der Waals surface area contributed by atoms with E-state index in [1.165, 1.54) is 24.3 Å². The number of aromatic hydroxyl groups is 1. The number of benzene rings is 1. The normalized spacial score (nSPS) is 11.9. The highest BCUT2D eigenvalue weighted by Gasteiger charge is 2.16. The molecule has 30 heavy (non-hydrogen) atoms. The topological polar surface area (TPSA) is 182 Å². The fourth-order valence-electron chi connectivity index (χ4n) is 2.19. The second kappa shape index (κ2) is 14.0. The van der Waals surface area contributed by atoms with Crippen LogP contribution in [0.25, 0.3) is 0 Å². The van der Waals surface area contributed by atoms with E-state index in [0.29, 0.717) is 11.1 Å². The lowest BCUT2D eigenvalue weighted by Crippen LogP contribution is -2.35. The van der Waals surface area contributed by atoms with Gasteiger partial charge < -0.3 is 15.5 Å². The summed E-state index contributed by atoms with van der Waals surface area (Å²) in [5.41, 5.74) is 3.10. The van der Waals surface area contributed by atoms with Crippen LogP contribution in [0, 0.1) is 0 Å². The van der Waals surface area contributed by atoms with Crippen molar-refractivity contribution >= 4 is 11.9 Å². The van der Waals surface area contributed by atoms with Crippen molar-refractivity contribution in [3.8, 4) is 5.75 Å². The van der Waals surface area contributed by atoms with Crippen molar-refractivity contribution in [3.05, 3.63) is 65.3 Å². The summed E-state index contributed by atoms with van der Waals surface area (Å²) in [6.07, 6.45) is 3.58. The highest BCUT2D eigenvalue weighted by atomic mass is 17.3. The first-order valence-corrected chi connectivity index (χ1v) is 8.39. The molecule has 0 aliphatic rings. The average Bonchev–Trinajstić information content (AvgIpc) is 2.71. The van der Waals surface area contributed by atoms with Gasteiger partial charge in [0.1, 0.15) is 19.0 Å². The molecule has 7 N–H and O–H groups in total. The lowest BCUT2D eigenvalue weighted by Gasteiger charge is -2.12. The number of carboxylic acids is 1. The first-order valence-electron chi connectivity index (χ1n) is 8.39. The Morgan fingerprint density at radius 3 is 2.60 bits per heavy atom. The van der Waals surface area contributed by atoms with E-state index >= 15 is 0 Å². The number of hydrogen-bond acceptors (Lipinski definition) is 10. The molecule has 0 bridgehead atoms. The van der Waals surface area contributed by atoms with Crippen LogP contribution in [-0.4, -0.2) is 40.6 Å². The Hall–Kier alpha value is -3.10. The summed E-state index contributed by atoms with van der Waals surface area (Å²) in [7, 11) is 0. The average molecular weight is 425 g/mol. The first kappa shape index (κ1) is 24.9. The molecule has 0 aliphatic carbocycles. The van der Waals surface area contributed by atoms with Crippen molar-refractivity contribution < 1.29 is 44.7 Å². The minimum Gasteiger partial charge on any atom is -0.508 e. The molecule has 0 aliphatic heterocycles. The number of hydrogen-bond donors (Lipinski definition) is 6. The number of amides is 1. The van der Waals surface area contributed by atoms with E-state index in [1.54, 1.807) is 6.07 Å². The molecule has 1 amide bonds. The molecule has 0 saturated heterocycles. The van der Waals surface area contributed by atoms with Crippen LogP contribution < -0.4 is 16.7 Å². The molecule has 1 rings (SSSR count). The number of carbonyl (C=O) groups excluding carboxylic acids is 1. The minimum atomic E-state index is -1.34. The van der Waals surface area contributed by atoms with Crippen LogP contribution in [0.4, 0.5) is 0 Å². The Balaban J connectivity index is 2.65. The van der Waals surface area contributed by atoms with Crippen LogP contribution in [0.3, 0.4) is 0 Å². The van der Waals surface area contributed by atoms with E-state index in [-0.39, 0.29) is 43.4 Å². The molecule has 1 aromatic carbocycles. The number of hydroxylamine groups is 1. The Morgan fingerprint density at radius 1 is 1.20 bits per heavy atom. The maximum absolute atomic E-state index is 12.3. The van der Waals surface area contributed by atoms with E-state index in [4.69, 9.17) is 16.0 Å². The number of phenols is 1. The number of phenolic OH excluding ortho intramolecular Hbond substituents is 1. The molecule has 0 heterocycles. The number of carbonyl (C=O) groups is 2. The zero-order valence-corrected chi connectivity index (χ0v) is 15.9. The predicted octanol–water partition coefficient (Wildman–Crippen LogP) is 0.422. The molecule has 0 radical (unpaired) electrons. The maximum atomic E-state index is 12.3. The predicted molar refractivity (Wildman–Crippen MR) is 102 cm³/mol. The number of carboxylic acid groups (broad SMARTS) is 1. The molecule has 164 valence electrons. The van der Waals surface area contributed by atoms with Crippen molar-refractivity contribution in [1.82, 2.24) is 10.8 Å². The summed E-state index contributed by atoms with van der Waals surface area (Å²) < 4.78 is 0. The molecule has 0 spiro atoms. The Kier molecular flexibility index (Phi) is 11.6. The zero-order chi connectivity index (χ0) is 22.4. The summed E-state index contributed by atoms with van der Waals surface area (Å²) >= 11 is 0. The van der Waals surface area contributed by atoms with Crippen molar-refractivity contribution in [2.24, 2.45) is 5.90 Å². The van der Waals surface area contributed by atoms with Gasteiger partial charge in [-0.3, -0.25) is 14.9 Å². The van der Waals surface area contributed by atoms with Gasteiger partial charge in [-0.15, -0.1) is 4.99 Å². The van der Waals surface area contributed by atoms with Gasteiger partial charge in [-0.05, 0) is 23.3 Å². The third-order valence-electron chi connectivity index (χ3n) is 3.55. The lowest BCUT2D eigenvalue weighted by atomic mass is 10.1. The van der Waals surface area contributed by atoms with Crippen LogP contribution in [-0.2, 0) is 42.4 Å². The summed E-state index contributed by atoms with van der Waals surface area (Å²) in [6.45, 7) is 2.99. The number of aliphatic carboxylic acids is 1. The van der Waals surface area contributed by atoms with Gasteiger partial charge in [0.25, 0.3) is 5.91 Å². The molecule has 1 aromatic rings. The quantitative estimate of drug-likeness (QED) is 0.0607. The van der Waals surface area contributed by atoms with Crippen molar-refractivity contribution in [3.63, 3.8) is 0 Å². The monoisotopic (exact) mass is 425 g/mol. The fourth-order valence-corrected chi connectivity index (χ4v) is 2.19. The molecule has 0 aromatic heterocycles. The highest BCUT2D eigenvalue weighted by Crippen LogP contribution is 2.18. The maximum Gasteiger partial charge on any atom is 0.336 e. The molecular weight excluding hydrogens is 402 g/mol. The van der Waals surface area contributed by atoms with Gasteiger partial charge in [-0.25, -0.2) is 14.6 Å². The van der Waals surface area contributed by atoms with Gasteiger partial charge in [-0.1, -0.05) is 30.9 Å². The Morgan fingerprint density at radius 2 is 1.97 bits per heavy atom. The van der Waals surface area contributed by atoms with Crippen molar-refractivity contribution in [2.45, 2.75) is 13.2 Å². The van der Waals surface area contributed by atoms with Crippen molar-refractivity contribution in [1.29, 1.82) is 0 Å². The molecule has 0 fully saturated rings. The second-order valence-electron chi connectivity index (χ2n) is 5.46. The molecular formula is C18H23N3O9. The van der Waals surface area contributed by atoms with E-state index in [9.17, 15) is 19.8 Å². The standard InChI is InChI=1S/C18H23N3O9/c1-2-15(18(24)25)16(4-3-7-29-30-19)17(23)20-11-21-27-9-12-5-6-14(22)8-13(12)10-28-26/h2-6,8,21-22,26H,1,7,9-11,19H2,(H,20,23)(H,24,25). The van der Waals surface area contributed by atoms with E-state index in [1.807, 2.05) is 0 Å². The summed E-state index contributed by atoms with van der Waals surface area (Å²) in [6, 6.07) is 4.42. The summed E-state index contributed by atoms with van der Waals surface area (Å²) in [4.78, 5) is 41.2. The fraction of sp³-hybridized carbons (Fsp3) is 0.222. The van der Waals surface area contributed by atoms with Gasteiger partial charge in [0.05, 0.1) is 24.4 Å². The van der Waals surface area contributed by atoms with Gasteiger partial charge in [0.15, 0.2) is 0 Å². The van der Waals surface area contributed by atoms with Gasteiger partial charge in [0.2, 0.25) is 0 Å². The van der Waals surface area contributed by atoms with E-state index in [0.717, 1.165) is 6.08 Å². The Bertz CT molecular complexity index is 793. The SMILES string of the molecule is C=CC(C(=O)O)=C(C=CCOON)C(=O)NCNOCc1ccc(O)cc1COO.